The van der Waals surface area contributed by atoms with E-state index in [0.29, 0.717) is 5.92 Å². The van der Waals surface area contributed by atoms with Crippen LogP contribution in [0.3, 0.4) is 0 Å². The number of halogens is 1. The summed E-state index contributed by atoms with van der Waals surface area (Å²) in [5, 5.41) is 0. The summed E-state index contributed by atoms with van der Waals surface area (Å²) < 4.78 is 15.6. The van der Waals surface area contributed by atoms with Crippen LogP contribution in [0.15, 0.2) is 28.7 Å². The Morgan fingerprint density at radius 3 is 2.47 bits per heavy atom. The molecule has 1 unspecified atom stereocenters. The van der Waals surface area contributed by atoms with Crippen LogP contribution in [0.25, 0.3) is 0 Å². The van der Waals surface area contributed by atoms with E-state index in [1.165, 1.54) is 12.0 Å². The largest absolute Gasteiger partial charge is 0.597 e. The standard InChI is InChI=1S/C15H22BrNOS/c1-15(2,3)19(18)17-10-4-5-13(11-17)12-6-8-14(16)9-7-12/h6-9,13H,4-5,10-11H2,1-3H3/t13?,19-/m0/s1. The molecule has 1 aliphatic heterocycles. The maximum atomic E-state index is 12.5. The molecule has 2 nitrogen and oxygen atoms in total. The van der Waals surface area contributed by atoms with Gasteiger partial charge in [0, 0.05) is 28.3 Å². The van der Waals surface area contributed by atoms with Crippen LogP contribution in [0.2, 0.25) is 0 Å². The van der Waals surface area contributed by atoms with Crippen molar-refractivity contribution in [2.75, 3.05) is 13.1 Å². The zero-order valence-corrected chi connectivity index (χ0v) is 14.3. The highest BCUT2D eigenvalue weighted by Crippen LogP contribution is 2.31. The van der Waals surface area contributed by atoms with Crippen LogP contribution >= 0.6 is 15.9 Å². The second kappa shape index (κ2) is 6.17. The first kappa shape index (κ1) is 15.4. The lowest BCUT2D eigenvalue weighted by Crippen LogP contribution is -2.47. The fourth-order valence-corrected chi connectivity index (χ4v) is 4.14. The van der Waals surface area contributed by atoms with Gasteiger partial charge < -0.3 is 4.55 Å². The minimum absolute atomic E-state index is 0.165. The van der Waals surface area contributed by atoms with Crippen molar-refractivity contribution in [1.29, 1.82) is 0 Å². The van der Waals surface area contributed by atoms with Crippen molar-refractivity contribution in [1.82, 2.24) is 4.31 Å². The number of piperidine rings is 1. The van der Waals surface area contributed by atoms with Crippen LogP contribution in [0, 0.1) is 0 Å². The molecular formula is C15H22BrNOS. The molecule has 1 aromatic carbocycles. The molecule has 4 heteroatoms. The average molecular weight is 344 g/mol. The Morgan fingerprint density at radius 1 is 1.26 bits per heavy atom. The first-order chi connectivity index (χ1) is 8.88. The molecule has 1 saturated heterocycles. The summed E-state index contributed by atoms with van der Waals surface area (Å²) in [6, 6.07) is 8.54. The van der Waals surface area contributed by atoms with Gasteiger partial charge in [-0.2, -0.15) is 0 Å². The Bertz CT molecular complexity index is 415. The van der Waals surface area contributed by atoms with Gasteiger partial charge in [-0.1, -0.05) is 28.1 Å². The summed E-state index contributed by atoms with van der Waals surface area (Å²) >= 11 is 2.57. The third kappa shape index (κ3) is 3.97. The highest BCUT2D eigenvalue weighted by Gasteiger charge is 2.36. The van der Waals surface area contributed by atoms with Gasteiger partial charge in [-0.05, 0) is 51.3 Å². The van der Waals surface area contributed by atoms with E-state index in [1.54, 1.807) is 0 Å². The predicted octanol–water partition coefficient (Wildman–Crippen LogP) is 4.09. The number of rotatable bonds is 2. The minimum Gasteiger partial charge on any atom is -0.597 e. The zero-order chi connectivity index (χ0) is 14.0. The van der Waals surface area contributed by atoms with Gasteiger partial charge in [-0.25, -0.2) is 0 Å². The Labute approximate surface area is 128 Å². The van der Waals surface area contributed by atoms with Gasteiger partial charge in [0.15, 0.2) is 0 Å². The Balaban J connectivity index is 2.07. The van der Waals surface area contributed by atoms with Crippen molar-refractivity contribution in [3.05, 3.63) is 34.3 Å². The molecule has 0 N–H and O–H groups in total. The Kier molecular flexibility index (Phi) is 4.99. The van der Waals surface area contributed by atoms with E-state index in [-0.39, 0.29) is 4.75 Å². The summed E-state index contributed by atoms with van der Waals surface area (Å²) in [5.41, 5.74) is 1.36. The van der Waals surface area contributed by atoms with Crippen LogP contribution in [-0.4, -0.2) is 26.7 Å². The van der Waals surface area contributed by atoms with Crippen LogP contribution < -0.4 is 0 Å². The van der Waals surface area contributed by atoms with Crippen molar-refractivity contribution >= 4 is 27.3 Å². The minimum atomic E-state index is -0.899. The first-order valence-corrected chi connectivity index (χ1v) is 8.70. The van der Waals surface area contributed by atoms with Crippen LogP contribution in [0.4, 0.5) is 0 Å². The van der Waals surface area contributed by atoms with E-state index in [1.807, 2.05) is 20.8 Å². The number of hydrogen-bond donors (Lipinski definition) is 0. The van der Waals surface area contributed by atoms with Crippen molar-refractivity contribution in [2.24, 2.45) is 0 Å². The molecule has 0 saturated carbocycles. The third-order valence-electron chi connectivity index (χ3n) is 3.48. The normalized spacial score (nSPS) is 23.3. The maximum Gasteiger partial charge on any atom is 0.137 e. The Hall–Kier alpha value is -0.0300. The molecule has 0 amide bonds. The number of hydrogen-bond acceptors (Lipinski definition) is 2. The van der Waals surface area contributed by atoms with E-state index < -0.39 is 11.4 Å². The van der Waals surface area contributed by atoms with Gasteiger partial charge >= 0.3 is 0 Å². The van der Waals surface area contributed by atoms with E-state index in [0.717, 1.165) is 24.0 Å². The quantitative estimate of drug-likeness (QED) is 0.756. The monoisotopic (exact) mass is 343 g/mol. The molecule has 1 fully saturated rings. The molecule has 19 heavy (non-hydrogen) atoms. The summed E-state index contributed by atoms with van der Waals surface area (Å²) in [4.78, 5) is 0. The summed E-state index contributed by atoms with van der Waals surface area (Å²) in [6.45, 7) is 8.01. The van der Waals surface area contributed by atoms with Crippen LogP contribution in [0.1, 0.15) is 45.1 Å². The lowest BCUT2D eigenvalue weighted by Gasteiger charge is -2.37. The second-order valence-corrected chi connectivity index (χ2v) is 9.30. The molecule has 0 spiro atoms. The van der Waals surface area contributed by atoms with E-state index >= 15 is 0 Å². The molecular weight excluding hydrogens is 322 g/mol. The number of nitrogens with zero attached hydrogens (tertiary/aromatic N) is 1. The van der Waals surface area contributed by atoms with Crippen LogP contribution in [0.5, 0.6) is 0 Å². The van der Waals surface area contributed by atoms with E-state index in [4.69, 9.17) is 0 Å². The second-order valence-electron chi connectivity index (χ2n) is 6.14. The van der Waals surface area contributed by atoms with Gasteiger partial charge in [0.05, 0.1) is 6.54 Å². The van der Waals surface area contributed by atoms with Gasteiger partial charge in [0.1, 0.15) is 4.75 Å². The average Bonchev–Trinajstić information content (AvgIpc) is 2.38. The highest BCUT2D eigenvalue weighted by atomic mass is 79.9. The number of benzene rings is 1. The lowest BCUT2D eigenvalue weighted by atomic mass is 9.92. The zero-order valence-electron chi connectivity index (χ0n) is 11.9. The molecule has 1 aromatic rings. The van der Waals surface area contributed by atoms with Crippen LogP contribution in [-0.2, 0) is 11.4 Å². The van der Waals surface area contributed by atoms with Gasteiger partial charge in [0.25, 0.3) is 0 Å². The lowest BCUT2D eigenvalue weighted by molar-refractivity contribution is 0.308. The molecule has 2 atom stereocenters. The molecule has 0 aliphatic carbocycles. The summed E-state index contributed by atoms with van der Waals surface area (Å²) in [6.07, 6.45) is 2.32. The molecule has 0 aromatic heterocycles. The molecule has 1 heterocycles. The molecule has 2 rings (SSSR count). The molecule has 0 bridgehead atoms. The fraction of sp³-hybridized carbons (Fsp3) is 0.600. The van der Waals surface area contributed by atoms with Crippen molar-refractivity contribution in [3.8, 4) is 0 Å². The third-order valence-corrected chi connectivity index (χ3v) is 5.86. The summed E-state index contributed by atoms with van der Waals surface area (Å²) in [5.74, 6) is 0.508. The Morgan fingerprint density at radius 2 is 1.89 bits per heavy atom. The van der Waals surface area contributed by atoms with E-state index in [9.17, 15) is 4.55 Å². The van der Waals surface area contributed by atoms with Crippen molar-refractivity contribution in [3.63, 3.8) is 0 Å². The van der Waals surface area contributed by atoms with Gasteiger partial charge in [-0.15, -0.1) is 4.31 Å². The smallest absolute Gasteiger partial charge is 0.137 e. The highest BCUT2D eigenvalue weighted by molar-refractivity contribution is 9.10. The topological polar surface area (TPSA) is 26.3 Å². The van der Waals surface area contributed by atoms with Gasteiger partial charge in [-0.3, -0.25) is 0 Å². The summed E-state index contributed by atoms with van der Waals surface area (Å²) in [7, 11) is 0. The molecule has 1 aliphatic rings. The molecule has 0 radical (unpaired) electrons. The van der Waals surface area contributed by atoms with Crippen molar-refractivity contribution < 1.29 is 4.55 Å². The van der Waals surface area contributed by atoms with Gasteiger partial charge in [0.2, 0.25) is 0 Å². The molecule has 106 valence electrons. The SMILES string of the molecule is CC(C)(C)[S@+]([O-])N1CCCC(c2ccc(Br)cc2)C1. The van der Waals surface area contributed by atoms with E-state index in [2.05, 4.69) is 44.5 Å². The maximum absolute atomic E-state index is 12.5. The predicted molar refractivity (Wildman–Crippen MR) is 85.6 cm³/mol. The van der Waals surface area contributed by atoms with Crippen molar-refractivity contribution in [2.45, 2.75) is 44.3 Å². The first-order valence-electron chi connectivity index (χ1n) is 6.80. The fourth-order valence-electron chi connectivity index (χ4n) is 2.49.